The number of hydrogen-bond acceptors (Lipinski definition) is 2. The summed E-state index contributed by atoms with van der Waals surface area (Å²) in [7, 11) is 0. The lowest BCUT2D eigenvalue weighted by Crippen LogP contribution is -2.28. The van der Waals surface area contributed by atoms with Gasteiger partial charge in [-0.1, -0.05) is 47.1 Å². The second-order valence-corrected chi connectivity index (χ2v) is 5.25. The number of hydrogen-bond donors (Lipinski definition) is 1. The van der Waals surface area contributed by atoms with Crippen molar-refractivity contribution in [1.82, 2.24) is 10.3 Å². The quantitative estimate of drug-likeness (QED) is 0.819. The molecule has 0 bridgehead atoms. The molecule has 96 valence electrons. The van der Waals surface area contributed by atoms with Gasteiger partial charge in [0, 0.05) is 29.5 Å². The summed E-state index contributed by atoms with van der Waals surface area (Å²) in [5.74, 6) is 0. The topological polar surface area (TPSA) is 24.9 Å². The highest BCUT2D eigenvalue weighted by molar-refractivity contribution is 9.09. The van der Waals surface area contributed by atoms with Crippen molar-refractivity contribution < 1.29 is 0 Å². The van der Waals surface area contributed by atoms with Crippen molar-refractivity contribution in [3.63, 3.8) is 0 Å². The Labute approximate surface area is 117 Å². The summed E-state index contributed by atoms with van der Waals surface area (Å²) >= 11 is 3.50. The molecule has 0 saturated heterocycles. The molecule has 1 aromatic carbocycles. The van der Waals surface area contributed by atoms with E-state index < -0.39 is 0 Å². The first-order chi connectivity index (χ1) is 8.85. The van der Waals surface area contributed by atoms with Crippen molar-refractivity contribution in [2.45, 2.75) is 32.4 Å². The van der Waals surface area contributed by atoms with Crippen LogP contribution in [0, 0.1) is 0 Å². The van der Waals surface area contributed by atoms with Crippen molar-refractivity contribution in [2.24, 2.45) is 0 Å². The average Bonchev–Trinajstić information content (AvgIpc) is 2.43. The number of aromatic nitrogens is 1. The summed E-state index contributed by atoms with van der Waals surface area (Å²) in [6.07, 6.45) is 4.18. The molecule has 1 unspecified atom stereocenters. The van der Waals surface area contributed by atoms with Gasteiger partial charge in [0.15, 0.2) is 0 Å². The predicted molar refractivity (Wildman–Crippen MR) is 81.1 cm³/mol. The molecular weight excluding hydrogens is 288 g/mol. The van der Waals surface area contributed by atoms with Crippen LogP contribution in [-0.2, 0) is 6.54 Å². The molecule has 0 saturated carbocycles. The number of halogens is 1. The van der Waals surface area contributed by atoms with Gasteiger partial charge < -0.3 is 5.32 Å². The Morgan fingerprint density at radius 2 is 2.11 bits per heavy atom. The van der Waals surface area contributed by atoms with E-state index in [-0.39, 0.29) is 0 Å². The van der Waals surface area contributed by atoms with Gasteiger partial charge in [0.2, 0.25) is 0 Å². The first kappa shape index (κ1) is 13.5. The molecule has 3 heteroatoms. The Hall–Kier alpha value is -0.930. The zero-order valence-electron chi connectivity index (χ0n) is 10.7. The number of para-hydroxylation sites is 1. The van der Waals surface area contributed by atoms with E-state index in [1.54, 1.807) is 0 Å². The number of nitrogens with zero attached hydrogens (tertiary/aromatic N) is 1. The van der Waals surface area contributed by atoms with E-state index in [4.69, 9.17) is 0 Å². The lowest BCUT2D eigenvalue weighted by Gasteiger charge is -2.16. The summed E-state index contributed by atoms with van der Waals surface area (Å²) in [6, 6.07) is 11.0. The molecule has 1 aromatic heterocycles. The maximum absolute atomic E-state index is 4.48. The van der Waals surface area contributed by atoms with Crippen molar-refractivity contribution in [1.29, 1.82) is 0 Å². The molecule has 1 N–H and O–H groups in total. The number of rotatable bonds is 6. The van der Waals surface area contributed by atoms with Crippen LogP contribution >= 0.6 is 15.9 Å². The van der Waals surface area contributed by atoms with Gasteiger partial charge in [0.25, 0.3) is 0 Å². The third-order valence-corrected chi connectivity index (χ3v) is 3.71. The third kappa shape index (κ3) is 3.30. The lowest BCUT2D eigenvalue weighted by atomic mass is 10.1. The van der Waals surface area contributed by atoms with Gasteiger partial charge in [0.1, 0.15) is 0 Å². The molecule has 18 heavy (non-hydrogen) atoms. The van der Waals surface area contributed by atoms with Crippen LogP contribution < -0.4 is 5.32 Å². The van der Waals surface area contributed by atoms with E-state index in [2.05, 4.69) is 57.4 Å². The van der Waals surface area contributed by atoms with E-state index >= 15 is 0 Å². The van der Waals surface area contributed by atoms with E-state index in [1.165, 1.54) is 10.9 Å². The van der Waals surface area contributed by atoms with Gasteiger partial charge >= 0.3 is 0 Å². The van der Waals surface area contributed by atoms with Crippen LogP contribution in [0.4, 0.5) is 0 Å². The minimum Gasteiger partial charge on any atom is -0.310 e. The second kappa shape index (κ2) is 6.86. The fourth-order valence-corrected chi connectivity index (χ4v) is 2.70. The summed E-state index contributed by atoms with van der Waals surface area (Å²) in [5, 5.41) is 5.87. The molecule has 0 spiro atoms. The molecular formula is C15H19BrN2. The molecule has 0 radical (unpaired) electrons. The van der Waals surface area contributed by atoms with E-state index in [9.17, 15) is 0 Å². The van der Waals surface area contributed by atoms with Crippen molar-refractivity contribution in [3.8, 4) is 0 Å². The van der Waals surface area contributed by atoms with E-state index in [1.807, 2.05) is 12.3 Å². The minimum atomic E-state index is 0.573. The predicted octanol–water partition coefficient (Wildman–Crippen LogP) is 3.89. The van der Waals surface area contributed by atoms with E-state index in [0.717, 1.165) is 30.2 Å². The van der Waals surface area contributed by atoms with Crippen molar-refractivity contribution >= 4 is 26.8 Å². The Bertz CT molecular complexity index is 493. The zero-order valence-corrected chi connectivity index (χ0v) is 12.3. The normalized spacial score (nSPS) is 12.8. The van der Waals surface area contributed by atoms with Crippen LogP contribution in [0.3, 0.4) is 0 Å². The Kier molecular flexibility index (Phi) is 5.14. The Balaban J connectivity index is 2.11. The highest BCUT2D eigenvalue weighted by Crippen LogP contribution is 2.16. The van der Waals surface area contributed by atoms with Gasteiger partial charge in [-0.15, -0.1) is 0 Å². The fraction of sp³-hybridized carbons (Fsp3) is 0.400. The lowest BCUT2D eigenvalue weighted by molar-refractivity contribution is 0.489. The van der Waals surface area contributed by atoms with Crippen LogP contribution in [0.15, 0.2) is 36.5 Å². The SMILES string of the molecule is CCC(CCBr)NCc1cccc2cccnc12. The van der Waals surface area contributed by atoms with Gasteiger partial charge in [-0.25, -0.2) is 0 Å². The van der Waals surface area contributed by atoms with Crippen LogP contribution in [0.25, 0.3) is 10.9 Å². The standard InChI is InChI=1S/C15H19BrN2/c1-2-14(8-9-16)18-11-13-6-3-5-12-7-4-10-17-15(12)13/h3-7,10,14,18H,2,8-9,11H2,1H3. The molecule has 0 aliphatic carbocycles. The average molecular weight is 307 g/mol. The molecule has 1 heterocycles. The first-order valence-corrected chi connectivity index (χ1v) is 7.59. The largest absolute Gasteiger partial charge is 0.310 e. The molecule has 2 rings (SSSR count). The van der Waals surface area contributed by atoms with Crippen molar-refractivity contribution in [3.05, 3.63) is 42.1 Å². The van der Waals surface area contributed by atoms with Gasteiger partial charge in [-0.05, 0) is 24.5 Å². The smallest absolute Gasteiger partial charge is 0.0746 e. The number of fused-ring (bicyclic) bond motifs is 1. The molecule has 0 aliphatic rings. The Morgan fingerprint density at radius 3 is 2.89 bits per heavy atom. The highest BCUT2D eigenvalue weighted by atomic mass is 79.9. The van der Waals surface area contributed by atoms with Crippen LogP contribution in [0.1, 0.15) is 25.3 Å². The number of pyridine rings is 1. The van der Waals surface area contributed by atoms with E-state index in [0.29, 0.717) is 6.04 Å². The fourth-order valence-electron chi connectivity index (χ4n) is 2.15. The van der Waals surface area contributed by atoms with Gasteiger partial charge in [0.05, 0.1) is 5.52 Å². The molecule has 0 fully saturated rings. The van der Waals surface area contributed by atoms with Crippen LogP contribution in [0.5, 0.6) is 0 Å². The van der Waals surface area contributed by atoms with Crippen LogP contribution in [0.2, 0.25) is 0 Å². The highest BCUT2D eigenvalue weighted by Gasteiger charge is 2.06. The monoisotopic (exact) mass is 306 g/mol. The molecule has 2 aromatic rings. The minimum absolute atomic E-state index is 0.573. The maximum Gasteiger partial charge on any atom is 0.0746 e. The molecule has 1 atom stereocenters. The van der Waals surface area contributed by atoms with Gasteiger partial charge in [-0.2, -0.15) is 0 Å². The molecule has 0 amide bonds. The number of nitrogens with one attached hydrogen (secondary N) is 1. The van der Waals surface area contributed by atoms with Crippen LogP contribution in [-0.4, -0.2) is 16.4 Å². The first-order valence-electron chi connectivity index (χ1n) is 6.47. The molecule has 2 nitrogen and oxygen atoms in total. The maximum atomic E-state index is 4.48. The zero-order chi connectivity index (χ0) is 12.8. The number of alkyl halides is 1. The second-order valence-electron chi connectivity index (χ2n) is 4.46. The third-order valence-electron chi connectivity index (χ3n) is 3.25. The summed E-state index contributed by atoms with van der Waals surface area (Å²) in [4.78, 5) is 4.48. The number of benzene rings is 1. The summed E-state index contributed by atoms with van der Waals surface area (Å²) in [5.41, 5.74) is 2.39. The molecule has 0 aliphatic heterocycles. The van der Waals surface area contributed by atoms with Crippen molar-refractivity contribution in [2.75, 3.05) is 5.33 Å². The summed E-state index contributed by atoms with van der Waals surface area (Å²) in [6.45, 7) is 3.11. The summed E-state index contributed by atoms with van der Waals surface area (Å²) < 4.78 is 0. The van der Waals surface area contributed by atoms with Gasteiger partial charge in [-0.3, -0.25) is 4.98 Å². The Morgan fingerprint density at radius 1 is 1.28 bits per heavy atom.